The Morgan fingerprint density at radius 2 is 1.70 bits per heavy atom. The molecule has 5 rings (SSSR count). The standard InChI is InChI=1S/C20H18N10/c1-10-7-14-12(3)24-19(26-16(14)8-11(10)2)27-18-21-6-5-15(25-18)17-13(4)30-20(29-28-17)22-9-23-30/h5-9H,1-4H3,(H,21,24,25,26,27). The van der Waals surface area contributed by atoms with Crippen molar-refractivity contribution in [1.82, 2.24) is 44.7 Å². The molecule has 0 aliphatic rings. The molecule has 1 aromatic carbocycles. The normalized spacial score (nSPS) is 11.3. The van der Waals surface area contributed by atoms with Gasteiger partial charge < -0.3 is 0 Å². The molecule has 5 aromatic rings. The summed E-state index contributed by atoms with van der Waals surface area (Å²) in [5, 5.41) is 16.6. The Morgan fingerprint density at radius 3 is 2.57 bits per heavy atom. The Hall–Kier alpha value is -4.08. The highest BCUT2D eigenvalue weighted by Crippen LogP contribution is 2.23. The predicted octanol–water partition coefficient (Wildman–Crippen LogP) is 2.90. The minimum absolute atomic E-state index is 0.370. The van der Waals surface area contributed by atoms with Crippen LogP contribution in [-0.2, 0) is 0 Å². The van der Waals surface area contributed by atoms with Crippen LogP contribution in [0.3, 0.4) is 0 Å². The van der Waals surface area contributed by atoms with Crippen molar-refractivity contribution in [2.75, 3.05) is 5.32 Å². The van der Waals surface area contributed by atoms with E-state index in [1.807, 2.05) is 13.8 Å². The van der Waals surface area contributed by atoms with Crippen LogP contribution in [0, 0.1) is 27.7 Å². The van der Waals surface area contributed by atoms with Crippen LogP contribution in [0.2, 0.25) is 0 Å². The minimum Gasteiger partial charge on any atom is -0.293 e. The molecule has 0 amide bonds. The summed E-state index contributed by atoms with van der Waals surface area (Å²) in [5.41, 5.74) is 6.15. The highest BCUT2D eigenvalue weighted by atomic mass is 15.4. The maximum Gasteiger partial charge on any atom is 0.271 e. The first-order valence-electron chi connectivity index (χ1n) is 9.38. The molecular formula is C20H18N10. The van der Waals surface area contributed by atoms with Gasteiger partial charge in [0.05, 0.1) is 22.6 Å². The first kappa shape index (κ1) is 18.0. The minimum atomic E-state index is 0.370. The monoisotopic (exact) mass is 398 g/mol. The molecular weight excluding hydrogens is 380 g/mol. The molecule has 0 saturated carbocycles. The number of nitrogens with zero attached hydrogens (tertiary/aromatic N) is 9. The summed E-state index contributed by atoms with van der Waals surface area (Å²) in [6, 6.07) is 5.94. The van der Waals surface area contributed by atoms with Crippen LogP contribution in [0.15, 0.2) is 30.7 Å². The molecule has 0 radical (unpaired) electrons. The fraction of sp³-hybridized carbons (Fsp3) is 0.200. The molecule has 1 N–H and O–H groups in total. The van der Waals surface area contributed by atoms with E-state index in [1.165, 1.54) is 17.5 Å². The van der Waals surface area contributed by atoms with E-state index in [2.05, 4.69) is 71.5 Å². The first-order chi connectivity index (χ1) is 14.5. The number of hydrogen-bond acceptors (Lipinski definition) is 9. The molecule has 10 nitrogen and oxygen atoms in total. The molecule has 4 heterocycles. The second kappa shape index (κ2) is 6.76. The van der Waals surface area contributed by atoms with Gasteiger partial charge in [0.15, 0.2) is 0 Å². The lowest BCUT2D eigenvalue weighted by Gasteiger charge is -2.10. The summed E-state index contributed by atoms with van der Waals surface area (Å²) in [7, 11) is 0. The second-order valence-corrected chi connectivity index (χ2v) is 7.08. The molecule has 0 unspecified atom stereocenters. The van der Waals surface area contributed by atoms with Gasteiger partial charge in [0.25, 0.3) is 5.78 Å². The third-order valence-electron chi connectivity index (χ3n) is 5.05. The van der Waals surface area contributed by atoms with Gasteiger partial charge in [0.2, 0.25) is 11.9 Å². The average Bonchev–Trinajstić information content (AvgIpc) is 3.20. The number of hydrogen-bond donors (Lipinski definition) is 1. The molecule has 0 fully saturated rings. The van der Waals surface area contributed by atoms with Gasteiger partial charge in [-0.15, -0.1) is 10.2 Å². The van der Waals surface area contributed by atoms with E-state index in [-0.39, 0.29) is 0 Å². The number of anilines is 2. The van der Waals surface area contributed by atoms with Crippen molar-refractivity contribution in [1.29, 1.82) is 0 Å². The molecule has 0 aliphatic carbocycles. The Morgan fingerprint density at radius 1 is 0.867 bits per heavy atom. The summed E-state index contributed by atoms with van der Waals surface area (Å²) < 4.78 is 1.62. The van der Waals surface area contributed by atoms with Crippen LogP contribution >= 0.6 is 0 Å². The van der Waals surface area contributed by atoms with Gasteiger partial charge >= 0.3 is 0 Å². The fourth-order valence-electron chi connectivity index (χ4n) is 3.29. The highest BCUT2D eigenvalue weighted by Gasteiger charge is 2.13. The molecule has 10 heteroatoms. The van der Waals surface area contributed by atoms with Crippen molar-refractivity contribution in [3.05, 3.63) is 53.2 Å². The second-order valence-electron chi connectivity index (χ2n) is 7.08. The lowest BCUT2D eigenvalue weighted by atomic mass is 10.1. The number of benzene rings is 1. The average molecular weight is 398 g/mol. The molecule has 30 heavy (non-hydrogen) atoms. The van der Waals surface area contributed by atoms with Gasteiger partial charge in [-0.2, -0.15) is 14.6 Å². The van der Waals surface area contributed by atoms with Crippen molar-refractivity contribution in [3.8, 4) is 11.4 Å². The number of aromatic nitrogens is 9. The quantitative estimate of drug-likeness (QED) is 0.489. The van der Waals surface area contributed by atoms with E-state index in [0.717, 1.165) is 22.3 Å². The molecule has 0 spiro atoms. The summed E-state index contributed by atoms with van der Waals surface area (Å²) in [4.78, 5) is 22.1. The zero-order valence-corrected chi connectivity index (χ0v) is 16.9. The molecule has 148 valence electrons. The lowest BCUT2D eigenvalue weighted by molar-refractivity contribution is 0.850. The molecule has 0 aliphatic heterocycles. The SMILES string of the molecule is Cc1cc2nc(Nc3nccc(-c4nnc5ncnn5c4C)n3)nc(C)c2cc1C. The topological polar surface area (TPSA) is 120 Å². The smallest absolute Gasteiger partial charge is 0.271 e. The largest absolute Gasteiger partial charge is 0.293 e. The third kappa shape index (κ3) is 2.98. The Balaban J connectivity index is 1.53. The van der Waals surface area contributed by atoms with Gasteiger partial charge in [0.1, 0.15) is 12.0 Å². The van der Waals surface area contributed by atoms with Gasteiger partial charge in [-0.25, -0.2) is 19.9 Å². The van der Waals surface area contributed by atoms with Gasteiger partial charge in [0, 0.05) is 11.6 Å². The van der Waals surface area contributed by atoms with Crippen LogP contribution in [0.1, 0.15) is 22.5 Å². The maximum atomic E-state index is 4.63. The summed E-state index contributed by atoms with van der Waals surface area (Å²) in [6.45, 7) is 8.01. The van der Waals surface area contributed by atoms with Gasteiger partial charge in [-0.3, -0.25) is 5.32 Å². The van der Waals surface area contributed by atoms with Crippen LogP contribution < -0.4 is 5.32 Å². The van der Waals surface area contributed by atoms with E-state index in [4.69, 9.17) is 0 Å². The van der Waals surface area contributed by atoms with E-state index < -0.39 is 0 Å². The molecule has 4 aromatic heterocycles. The molecule has 0 bridgehead atoms. The number of fused-ring (bicyclic) bond motifs is 2. The van der Waals surface area contributed by atoms with Crippen molar-refractivity contribution < 1.29 is 0 Å². The fourth-order valence-corrected chi connectivity index (χ4v) is 3.29. The maximum absolute atomic E-state index is 4.63. The van der Waals surface area contributed by atoms with Crippen molar-refractivity contribution in [2.24, 2.45) is 0 Å². The van der Waals surface area contributed by atoms with Crippen LogP contribution in [-0.4, -0.2) is 44.7 Å². The Bertz CT molecular complexity index is 1420. The zero-order valence-electron chi connectivity index (χ0n) is 16.9. The molecule has 0 saturated heterocycles. The Kier molecular flexibility index (Phi) is 4.05. The first-order valence-corrected chi connectivity index (χ1v) is 9.38. The summed E-state index contributed by atoms with van der Waals surface area (Å²) in [6.07, 6.45) is 3.09. The van der Waals surface area contributed by atoms with Crippen LogP contribution in [0.25, 0.3) is 28.1 Å². The lowest BCUT2D eigenvalue weighted by Crippen LogP contribution is -2.06. The summed E-state index contributed by atoms with van der Waals surface area (Å²) >= 11 is 0. The van der Waals surface area contributed by atoms with E-state index in [0.29, 0.717) is 29.1 Å². The number of nitrogens with one attached hydrogen (secondary N) is 1. The van der Waals surface area contributed by atoms with Gasteiger partial charge in [-0.1, -0.05) is 0 Å². The van der Waals surface area contributed by atoms with Crippen molar-refractivity contribution in [2.45, 2.75) is 27.7 Å². The third-order valence-corrected chi connectivity index (χ3v) is 5.05. The Labute approximate surface area is 171 Å². The zero-order chi connectivity index (χ0) is 20.8. The van der Waals surface area contributed by atoms with Crippen LogP contribution in [0.5, 0.6) is 0 Å². The predicted molar refractivity (Wildman–Crippen MR) is 111 cm³/mol. The number of aryl methyl sites for hydroxylation is 4. The van der Waals surface area contributed by atoms with Gasteiger partial charge in [-0.05, 0) is 57.0 Å². The van der Waals surface area contributed by atoms with E-state index in [1.54, 1.807) is 16.8 Å². The van der Waals surface area contributed by atoms with Crippen molar-refractivity contribution in [3.63, 3.8) is 0 Å². The summed E-state index contributed by atoms with van der Waals surface area (Å²) in [5.74, 6) is 1.25. The van der Waals surface area contributed by atoms with E-state index >= 15 is 0 Å². The van der Waals surface area contributed by atoms with Crippen LogP contribution in [0.4, 0.5) is 11.9 Å². The number of rotatable bonds is 3. The van der Waals surface area contributed by atoms with E-state index in [9.17, 15) is 0 Å². The highest BCUT2D eigenvalue weighted by molar-refractivity contribution is 5.83. The van der Waals surface area contributed by atoms with Crippen molar-refractivity contribution >= 4 is 28.6 Å². The molecule has 0 atom stereocenters.